The van der Waals surface area contributed by atoms with Crippen LogP contribution in [-0.4, -0.2) is 36.4 Å². The molecule has 0 aromatic heterocycles. The predicted molar refractivity (Wildman–Crippen MR) is 82.4 cm³/mol. The highest BCUT2D eigenvalue weighted by Gasteiger charge is 2.34. The smallest absolute Gasteiger partial charge is 0.225 e. The molecule has 1 saturated heterocycles. The minimum absolute atomic E-state index is 0.0222. The zero-order valence-corrected chi connectivity index (χ0v) is 12.9. The average molecular weight is 302 g/mol. The monoisotopic (exact) mass is 302 g/mol. The molecule has 2 amide bonds. The minimum atomic E-state index is -0.233. The van der Waals surface area contributed by atoms with Gasteiger partial charge < -0.3 is 15.0 Å². The first-order chi connectivity index (χ1) is 10.7. The predicted octanol–water partition coefficient (Wildman–Crippen LogP) is 1.88. The third-order valence-corrected chi connectivity index (χ3v) is 4.47. The van der Waals surface area contributed by atoms with Crippen molar-refractivity contribution in [3.63, 3.8) is 0 Å². The first-order valence-electron chi connectivity index (χ1n) is 7.99. The van der Waals surface area contributed by atoms with Crippen molar-refractivity contribution in [1.82, 2.24) is 10.2 Å². The third-order valence-electron chi connectivity index (χ3n) is 4.47. The Morgan fingerprint density at radius 2 is 2.23 bits per heavy atom. The number of hydrogen-bond donors (Lipinski definition) is 1. The molecule has 0 saturated carbocycles. The Balaban J connectivity index is 1.70. The number of ether oxygens (including phenoxy) is 1. The van der Waals surface area contributed by atoms with Gasteiger partial charge in [-0.3, -0.25) is 9.59 Å². The fraction of sp³-hybridized carbons (Fsp3) is 0.529. The summed E-state index contributed by atoms with van der Waals surface area (Å²) in [5.74, 6) is 0.671. The number of rotatable bonds is 3. The normalized spacial score (nSPS) is 24.4. The molecule has 5 heteroatoms. The number of fused-ring (bicyclic) bond motifs is 1. The van der Waals surface area contributed by atoms with Crippen LogP contribution >= 0.6 is 0 Å². The largest absolute Gasteiger partial charge is 0.493 e. The maximum Gasteiger partial charge on any atom is 0.225 e. The van der Waals surface area contributed by atoms with Gasteiger partial charge in [-0.1, -0.05) is 18.2 Å². The number of para-hydroxylation sites is 1. The zero-order chi connectivity index (χ0) is 15.5. The number of benzene rings is 1. The molecular formula is C17H22N2O3. The maximum atomic E-state index is 12.5. The van der Waals surface area contributed by atoms with Gasteiger partial charge in [0.1, 0.15) is 5.75 Å². The van der Waals surface area contributed by atoms with E-state index in [0.717, 1.165) is 24.2 Å². The van der Waals surface area contributed by atoms with Gasteiger partial charge in [0.2, 0.25) is 11.8 Å². The van der Waals surface area contributed by atoms with E-state index in [9.17, 15) is 9.59 Å². The lowest BCUT2D eigenvalue weighted by Gasteiger charge is -2.20. The molecule has 118 valence electrons. The molecular weight excluding hydrogens is 280 g/mol. The van der Waals surface area contributed by atoms with E-state index in [1.54, 1.807) is 4.90 Å². The molecule has 1 N–H and O–H groups in total. The van der Waals surface area contributed by atoms with Crippen molar-refractivity contribution in [2.75, 3.05) is 19.7 Å². The van der Waals surface area contributed by atoms with Gasteiger partial charge in [0.25, 0.3) is 0 Å². The minimum Gasteiger partial charge on any atom is -0.493 e. The van der Waals surface area contributed by atoms with Crippen LogP contribution in [-0.2, 0) is 9.59 Å². The lowest BCUT2D eigenvalue weighted by Crippen LogP contribution is -2.35. The van der Waals surface area contributed by atoms with Crippen LogP contribution in [0.2, 0.25) is 0 Å². The first-order valence-corrected chi connectivity index (χ1v) is 7.99. The highest BCUT2D eigenvalue weighted by Crippen LogP contribution is 2.31. The molecule has 1 aromatic rings. The quantitative estimate of drug-likeness (QED) is 0.927. The topological polar surface area (TPSA) is 58.6 Å². The van der Waals surface area contributed by atoms with Crippen LogP contribution < -0.4 is 10.1 Å². The van der Waals surface area contributed by atoms with Gasteiger partial charge in [0.05, 0.1) is 18.6 Å². The molecule has 3 rings (SSSR count). The SMILES string of the molecule is CCN1C[C@H](C(=O)N[C@H]2CCCOc3ccccc32)CC1=O. The lowest BCUT2D eigenvalue weighted by molar-refractivity contribution is -0.129. The Hall–Kier alpha value is -2.04. The maximum absolute atomic E-state index is 12.5. The van der Waals surface area contributed by atoms with Crippen molar-refractivity contribution in [2.45, 2.75) is 32.2 Å². The van der Waals surface area contributed by atoms with E-state index in [1.165, 1.54) is 0 Å². The van der Waals surface area contributed by atoms with Crippen molar-refractivity contribution < 1.29 is 14.3 Å². The molecule has 2 heterocycles. The number of amides is 2. The van der Waals surface area contributed by atoms with Crippen LogP contribution in [0.3, 0.4) is 0 Å². The fourth-order valence-corrected chi connectivity index (χ4v) is 3.22. The molecule has 0 spiro atoms. The Labute approximate surface area is 130 Å². The number of carbonyl (C=O) groups excluding carboxylic acids is 2. The third kappa shape index (κ3) is 2.93. The van der Waals surface area contributed by atoms with Crippen LogP contribution in [0, 0.1) is 5.92 Å². The second-order valence-electron chi connectivity index (χ2n) is 5.92. The lowest BCUT2D eigenvalue weighted by atomic mass is 10.0. The van der Waals surface area contributed by atoms with Crippen LogP contribution in [0.5, 0.6) is 5.75 Å². The summed E-state index contributed by atoms with van der Waals surface area (Å²) in [5.41, 5.74) is 1.03. The summed E-state index contributed by atoms with van der Waals surface area (Å²) in [7, 11) is 0. The van der Waals surface area contributed by atoms with Crippen molar-refractivity contribution >= 4 is 11.8 Å². The molecule has 0 aliphatic carbocycles. The summed E-state index contributed by atoms with van der Waals surface area (Å²) in [6.45, 7) is 3.82. The number of likely N-dealkylation sites (tertiary alicyclic amines) is 1. The van der Waals surface area contributed by atoms with Gasteiger partial charge in [-0.2, -0.15) is 0 Å². The van der Waals surface area contributed by atoms with E-state index in [0.29, 0.717) is 26.1 Å². The van der Waals surface area contributed by atoms with E-state index in [1.807, 2.05) is 31.2 Å². The number of hydrogen-bond acceptors (Lipinski definition) is 3. The Bertz CT molecular complexity index is 573. The summed E-state index contributed by atoms with van der Waals surface area (Å²) >= 11 is 0. The van der Waals surface area contributed by atoms with Gasteiger partial charge in [-0.25, -0.2) is 0 Å². The highest BCUT2D eigenvalue weighted by atomic mass is 16.5. The second-order valence-corrected chi connectivity index (χ2v) is 5.92. The van der Waals surface area contributed by atoms with E-state index in [2.05, 4.69) is 5.32 Å². The van der Waals surface area contributed by atoms with Gasteiger partial charge in [0.15, 0.2) is 0 Å². The van der Waals surface area contributed by atoms with Crippen LogP contribution in [0.4, 0.5) is 0 Å². The molecule has 0 bridgehead atoms. The summed E-state index contributed by atoms with van der Waals surface area (Å²) in [6, 6.07) is 7.82. The Kier molecular flexibility index (Phi) is 4.32. The van der Waals surface area contributed by atoms with E-state index in [4.69, 9.17) is 4.74 Å². The zero-order valence-electron chi connectivity index (χ0n) is 12.9. The van der Waals surface area contributed by atoms with Gasteiger partial charge in [-0.15, -0.1) is 0 Å². The summed E-state index contributed by atoms with van der Waals surface area (Å²) in [5, 5.41) is 3.12. The molecule has 2 aliphatic rings. The van der Waals surface area contributed by atoms with Crippen LogP contribution in [0.25, 0.3) is 0 Å². The number of nitrogens with zero attached hydrogens (tertiary/aromatic N) is 1. The molecule has 2 atom stereocenters. The Morgan fingerprint density at radius 1 is 1.41 bits per heavy atom. The number of carbonyl (C=O) groups is 2. The van der Waals surface area contributed by atoms with Gasteiger partial charge in [0, 0.05) is 25.1 Å². The molecule has 5 nitrogen and oxygen atoms in total. The highest BCUT2D eigenvalue weighted by molar-refractivity contribution is 5.89. The second kappa shape index (κ2) is 6.38. The molecule has 2 aliphatic heterocycles. The molecule has 1 aromatic carbocycles. The van der Waals surface area contributed by atoms with E-state index < -0.39 is 0 Å². The number of nitrogens with one attached hydrogen (secondary N) is 1. The van der Waals surface area contributed by atoms with Crippen molar-refractivity contribution in [1.29, 1.82) is 0 Å². The molecule has 22 heavy (non-hydrogen) atoms. The van der Waals surface area contributed by atoms with Crippen molar-refractivity contribution in [2.24, 2.45) is 5.92 Å². The van der Waals surface area contributed by atoms with Gasteiger partial charge in [-0.05, 0) is 25.8 Å². The molecule has 1 fully saturated rings. The van der Waals surface area contributed by atoms with E-state index in [-0.39, 0.29) is 23.8 Å². The molecule has 0 radical (unpaired) electrons. The van der Waals surface area contributed by atoms with Crippen LogP contribution in [0.1, 0.15) is 37.8 Å². The fourth-order valence-electron chi connectivity index (χ4n) is 3.22. The molecule has 0 unspecified atom stereocenters. The van der Waals surface area contributed by atoms with Gasteiger partial charge >= 0.3 is 0 Å². The summed E-state index contributed by atoms with van der Waals surface area (Å²) < 4.78 is 5.72. The average Bonchev–Trinajstić information content (AvgIpc) is 2.79. The first kappa shape index (κ1) is 14.9. The van der Waals surface area contributed by atoms with Crippen LogP contribution in [0.15, 0.2) is 24.3 Å². The Morgan fingerprint density at radius 3 is 3.00 bits per heavy atom. The summed E-state index contributed by atoms with van der Waals surface area (Å²) in [6.07, 6.45) is 2.09. The summed E-state index contributed by atoms with van der Waals surface area (Å²) in [4.78, 5) is 26.0. The standard InChI is InChI=1S/C17H22N2O3/c1-2-19-11-12(10-16(19)20)17(21)18-14-7-5-9-22-15-8-4-3-6-13(14)15/h3-4,6,8,12,14H,2,5,7,9-11H2,1H3,(H,18,21)/t12-,14+/m1/s1. The van der Waals surface area contributed by atoms with E-state index >= 15 is 0 Å². The van der Waals surface area contributed by atoms with Crippen molar-refractivity contribution in [3.05, 3.63) is 29.8 Å². The van der Waals surface area contributed by atoms with Crippen molar-refractivity contribution in [3.8, 4) is 5.75 Å².